The summed E-state index contributed by atoms with van der Waals surface area (Å²) in [7, 11) is 3.85. The van der Waals surface area contributed by atoms with Crippen molar-refractivity contribution in [3.8, 4) is 33.1 Å². The van der Waals surface area contributed by atoms with Crippen LogP contribution in [0.4, 0.5) is 25.8 Å². The minimum atomic E-state index is -0.304. The maximum absolute atomic E-state index is 13.4. The summed E-state index contributed by atoms with van der Waals surface area (Å²) in [6.45, 7) is 10.3. The van der Waals surface area contributed by atoms with E-state index in [0.29, 0.717) is 104 Å². The smallest absolute Gasteiger partial charge is 0.229 e. The zero-order valence-corrected chi connectivity index (χ0v) is 46.8. The van der Waals surface area contributed by atoms with Gasteiger partial charge in [-0.05, 0) is 105 Å². The molecule has 9 aromatic rings. The van der Waals surface area contributed by atoms with Crippen LogP contribution in [0.3, 0.4) is 0 Å². The van der Waals surface area contributed by atoms with E-state index in [1.807, 2.05) is 62.6 Å². The Balaban J connectivity index is 0.000000130. The molecule has 13 rings (SSSR count). The summed E-state index contributed by atoms with van der Waals surface area (Å²) < 4.78 is 37.5. The quantitative estimate of drug-likeness (QED) is 0.123. The first kappa shape index (κ1) is 54.7. The fourth-order valence-corrected chi connectivity index (χ4v) is 11.0. The molecule has 1 fully saturated rings. The second kappa shape index (κ2) is 22.7. The maximum atomic E-state index is 13.4. The molecule has 7 aromatic heterocycles. The number of anilines is 3. The van der Waals surface area contributed by atoms with Gasteiger partial charge < -0.3 is 41.2 Å². The van der Waals surface area contributed by atoms with Gasteiger partial charge in [-0.1, -0.05) is 0 Å². The molecule has 0 aliphatic carbocycles. The van der Waals surface area contributed by atoms with Gasteiger partial charge in [0.2, 0.25) is 17.7 Å². The second-order valence-electron chi connectivity index (χ2n) is 20.8. The van der Waals surface area contributed by atoms with Crippen LogP contribution in [0.5, 0.6) is 0 Å². The summed E-state index contributed by atoms with van der Waals surface area (Å²) in [4.78, 5) is 67.1. The molecule has 20 nitrogen and oxygen atoms in total. The number of thiazole rings is 1. The number of rotatable bonds is 10. The molecule has 2 aromatic carbocycles. The Hall–Kier alpha value is -9.22. The van der Waals surface area contributed by atoms with Crippen LogP contribution in [0.15, 0.2) is 97.5 Å². The summed E-state index contributed by atoms with van der Waals surface area (Å²) in [6, 6.07) is 21.7. The average Bonchev–Trinajstić information content (AvgIpc) is 4.52. The lowest BCUT2D eigenvalue weighted by Crippen LogP contribution is -2.32. The lowest BCUT2D eigenvalue weighted by Gasteiger charge is -2.26. The van der Waals surface area contributed by atoms with Crippen molar-refractivity contribution >= 4 is 46.1 Å². The SMILES string of the molecule is Cc1cc(F)ccc1-c1ccc(N)c(CC(=O)N2Cc3cn(C4COC4)nc3C2)n1.Cc1nc2c(n1C)CN(C(=O)Cc1nc(-c3ccc(F)cc3)ccc1N)C2.Cc1ncc(-c2ccc(N)c(CC(=O)N3Cc4cn(C)nc4C3)n2)s1. The summed E-state index contributed by atoms with van der Waals surface area (Å²) in [5.41, 5.74) is 31.9. The molecule has 0 atom stereocenters. The number of aryl methyl sites for hydroxylation is 4. The van der Waals surface area contributed by atoms with Crippen LogP contribution in [0.25, 0.3) is 33.1 Å². The molecule has 0 unspecified atom stereocenters. The molecular formula is C59H60F2N16O4S. The molecule has 0 bridgehead atoms. The third-order valence-corrected chi connectivity index (χ3v) is 15.9. The lowest BCUT2D eigenvalue weighted by molar-refractivity contribution is -0.132. The fourth-order valence-electron chi connectivity index (χ4n) is 10.2. The summed E-state index contributed by atoms with van der Waals surface area (Å²) in [6.07, 6.45) is 6.19. The first-order chi connectivity index (χ1) is 39.4. The highest BCUT2D eigenvalue weighted by molar-refractivity contribution is 7.15. The molecule has 11 heterocycles. The van der Waals surface area contributed by atoms with E-state index >= 15 is 0 Å². The van der Waals surface area contributed by atoms with Gasteiger partial charge >= 0.3 is 0 Å². The number of ether oxygens (including phenoxy) is 1. The van der Waals surface area contributed by atoms with Crippen molar-refractivity contribution in [3.63, 3.8) is 0 Å². The van der Waals surface area contributed by atoms with Crippen molar-refractivity contribution in [2.75, 3.05) is 30.4 Å². The number of aromatic nitrogens is 10. The fraction of sp³-hybridized carbons (Fsp3) is 0.288. The van der Waals surface area contributed by atoms with Gasteiger partial charge in [-0.25, -0.2) is 23.7 Å². The van der Waals surface area contributed by atoms with Crippen molar-refractivity contribution in [2.24, 2.45) is 14.1 Å². The van der Waals surface area contributed by atoms with Crippen molar-refractivity contribution in [1.29, 1.82) is 0 Å². The topological polar surface area (TPSA) is 253 Å². The Labute approximate surface area is 475 Å². The van der Waals surface area contributed by atoms with Crippen molar-refractivity contribution in [1.82, 2.24) is 63.7 Å². The van der Waals surface area contributed by atoms with Crippen LogP contribution in [-0.4, -0.2) is 94.7 Å². The molecule has 0 saturated carbocycles. The number of benzene rings is 2. The third kappa shape index (κ3) is 11.7. The zero-order chi connectivity index (χ0) is 57.5. The van der Waals surface area contributed by atoms with Gasteiger partial charge in [0, 0.05) is 68.0 Å². The minimum absolute atomic E-state index is 0.0116. The molecule has 0 spiro atoms. The van der Waals surface area contributed by atoms with Gasteiger partial charge in [0.05, 0.1) is 149 Å². The predicted molar refractivity (Wildman–Crippen MR) is 304 cm³/mol. The number of imidazole rings is 1. The number of nitrogen functional groups attached to an aromatic ring is 3. The molecule has 4 aliphatic rings. The Morgan fingerprint density at radius 2 is 1.15 bits per heavy atom. The molecule has 82 heavy (non-hydrogen) atoms. The Bertz CT molecular complexity index is 3880. The van der Waals surface area contributed by atoms with E-state index < -0.39 is 0 Å². The van der Waals surface area contributed by atoms with Gasteiger partial charge in [-0.3, -0.25) is 33.7 Å². The van der Waals surface area contributed by atoms with Crippen LogP contribution in [0.2, 0.25) is 0 Å². The summed E-state index contributed by atoms with van der Waals surface area (Å²) in [5, 5.41) is 9.97. The highest BCUT2D eigenvalue weighted by Gasteiger charge is 2.32. The van der Waals surface area contributed by atoms with Crippen LogP contribution in [0.1, 0.15) is 73.4 Å². The molecule has 1 saturated heterocycles. The molecule has 0 radical (unpaired) electrons. The van der Waals surface area contributed by atoms with E-state index in [-0.39, 0.29) is 48.6 Å². The number of halogens is 2. The van der Waals surface area contributed by atoms with Gasteiger partial charge in [-0.2, -0.15) is 10.2 Å². The lowest BCUT2D eigenvalue weighted by atomic mass is 10.0. The molecule has 4 aliphatic heterocycles. The van der Waals surface area contributed by atoms with E-state index in [1.54, 1.807) is 85.4 Å². The number of carbonyl (C=O) groups excluding carboxylic acids is 3. The van der Waals surface area contributed by atoms with Gasteiger partial charge in [-0.15, -0.1) is 11.3 Å². The number of nitrogens with two attached hydrogens (primary N) is 3. The minimum Gasteiger partial charge on any atom is -0.397 e. The number of nitrogens with zero attached hydrogens (tertiary/aromatic N) is 13. The van der Waals surface area contributed by atoms with Gasteiger partial charge in [0.1, 0.15) is 17.5 Å². The van der Waals surface area contributed by atoms with Crippen molar-refractivity contribution in [2.45, 2.75) is 85.3 Å². The number of carbonyl (C=O) groups is 3. The van der Waals surface area contributed by atoms with Crippen LogP contribution in [0, 0.1) is 32.4 Å². The van der Waals surface area contributed by atoms with Crippen LogP contribution < -0.4 is 17.2 Å². The Morgan fingerprint density at radius 1 is 0.610 bits per heavy atom. The van der Waals surface area contributed by atoms with E-state index in [9.17, 15) is 23.2 Å². The summed E-state index contributed by atoms with van der Waals surface area (Å²) >= 11 is 1.57. The van der Waals surface area contributed by atoms with E-state index in [2.05, 4.69) is 35.1 Å². The van der Waals surface area contributed by atoms with E-state index in [1.165, 1.54) is 24.3 Å². The highest BCUT2D eigenvalue weighted by atomic mass is 32.1. The average molecular weight is 1130 g/mol. The van der Waals surface area contributed by atoms with E-state index in [0.717, 1.165) is 72.0 Å². The number of pyridine rings is 3. The first-order valence-corrected chi connectivity index (χ1v) is 27.4. The molecule has 3 amide bonds. The molecule has 23 heteroatoms. The van der Waals surface area contributed by atoms with Crippen molar-refractivity contribution < 1.29 is 27.9 Å². The number of hydrogen-bond donors (Lipinski definition) is 3. The Morgan fingerprint density at radius 3 is 1.70 bits per heavy atom. The zero-order valence-electron chi connectivity index (χ0n) is 45.9. The first-order valence-electron chi connectivity index (χ1n) is 26.6. The maximum Gasteiger partial charge on any atom is 0.229 e. The normalized spacial score (nSPS) is 14.2. The van der Waals surface area contributed by atoms with Gasteiger partial charge in [0.15, 0.2) is 0 Å². The number of hydrogen-bond acceptors (Lipinski definition) is 15. The van der Waals surface area contributed by atoms with Crippen molar-refractivity contribution in [3.05, 3.63) is 176 Å². The highest BCUT2D eigenvalue weighted by Crippen LogP contribution is 2.31. The second-order valence-corrected chi connectivity index (χ2v) is 22.1. The Kier molecular flexibility index (Phi) is 15.2. The molecular weight excluding hydrogens is 1070 g/mol. The van der Waals surface area contributed by atoms with E-state index in [4.69, 9.17) is 21.9 Å². The monoisotopic (exact) mass is 1130 g/mol. The number of amides is 3. The number of fused-ring (bicyclic) bond motifs is 3. The largest absolute Gasteiger partial charge is 0.397 e. The van der Waals surface area contributed by atoms with Crippen LogP contribution in [-0.2, 0) is 91.7 Å². The van der Waals surface area contributed by atoms with Crippen LogP contribution >= 0.6 is 11.3 Å². The molecule has 6 N–H and O–H groups in total. The van der Waals surface area contributed by atoms with Gasteiger partial charge in [0.25, 0.3) is 0 Å². The standard InChI is InChI=1S/C22H22FN5O2.C20H20FN5O.C17H18N6OS/c1-13-6-15(23)2-3-17(13)19-5-4-18(24)20(25-19)7-22(29)27-8-14-9-28(16-11-30-12-16)26-21(14)10-27;1-12-23-18-10-26(11-19(18)25(12)2)20(27)9-17-15(22)7-8-16(24-17)13-3-5-14(21)6-4-13;1-10-19-6-16(25-10)13-4-3-12(18)14(20-13)5-17(24)23-8-11-7-22(2)21-15(11)9-23/h2-6,9,16H,7-8,10-12,24H2,1H3;3-8H,9-11,22H2,1-2H3;3-4,6-7H,5,8-9,18H2,1-2H3. The molecule has 420 valence electrons. The summed E-state index contributed by atoms with van der Waals surface area (Å²) in [5.74, 6) is 0.284. The third-order valence-electron chi connectivity index (χ3n) is 15.0. The predicted octanol–water partition coefficient (Wildman–Crippen LogP) is 7.14.